The number of hydrogen-bond acceptors (Lipinski definition) is 3. The van der Waals surface area contributed by atoms with Crippen LogP contribution in [0.3, 0.4) is 0 Å². The molecule has 3 nitrogen and oxygen atoms in total. The van der Waals surface area contributed by atoms with Gasteiger partial charge >= 0.3 is 6.92 Å². The van der Waals surface area contributed by atoms with Crippen molar-refractivity contribution in [1.82, 2.24) is 5.32 Å². The van der Waals surface area contributed by atoms with Crippen LogP contribution in [-0.2, 0) is 11.1 Å². The molecule has 0 bridgehead atoms. The van der Waals surface area contributed by atoms with Crippen molar-refractivity contribution < 1.29 is 4.65 Å². The highest BCUT2D eigenvalue weighted by Gasteiger charge is 2.23. The molecule has 23 heavy (non-hydrogen) atoms. The van der Waals surface area contributed by atoms with Gasteiger partial charge in [0.05, 0.1) is 6.10 Å². The lowest BCUT2D eigenvalue weighted by molar-refractivity contribution is 0.227. The third kappa shape index (κ3) is 5.50. The summed E-state index contributed by atoms with van der Waals surface area (Å²) in [6.07, 6.45) is 1.14. The molecule has 0 saturated heterocycles. The lowest BCUT2D eigenvalue weighted by atomic mass is 9.55. The Hall–Kier alpha value is -1.62. The number of benzene rings is 2. The molecule has 0 heterocycles. The molecule has 1 unspecified atom stereocenters. The van der Waals surface area contributed by atoms with E-state index in [2.05, 4.69) is 67.7 Å². The van der Waals surface area contributed by atoms with Crippen molar-refractivity contribution in [2.45, 2.75) is 26.4 Å². The van der Waals surface area contributed by atoms with Gasteiger partial charge in [0.1, 0.15) is 0 Å². The van der Waals surface area contributed by atoms with E-state index in [-0.39, 0.29) is 13.0 Å². The summed E-state index contributed by atoms with van der Waals surface area (Å²) >= 11 is 0. The van der Waals surface area contributed by atoms with Crippen molar-refractivity contribution in [3.8, 4) is 0 Å². The van der Waals surface area contributed by atoms with Crippen LogP contribution < -0.4 is 22.0 Å². The highest BCUT2D eigenvalue weighted by molar-refractivity contribution is 6.80. The third-order valence-corrected chi connectivity index (χ3v) is 3.89. The highest BCUT2D eigenvalue weighted by atomic mass is 16.4. The van der Waals surface area contributed by atoms with E-state index in [0.717, 1.165) is 19.5 Å². The van der Waals surface area contributed by atoms with Gasteiger partial charge in [0.2, 0.25) is 0 Å². The van der Waals surface area contributed by atoms with Gasteiger partial charge in [0.15, 0.2) is 0 Å². The van der Waals surface area contributed by atoms with Crippen LogP contribution in [0.15, 0.2) is 54.6 Å². The zero-order valence-corrected chi connectivity index (χ0v) is 14.2. The van der Waals surface area contributed by atoms with Crippen molar-refractivity contribution >= 4 is 17.8 Å². The van der Waals surface area contributed by atoms with Crippen LogP contribution in [0.25, 0.3) is 0 Å². The predicted octanol–water partition coefficient (Wildman–Crippen LogP) is 1.31. The largest absolute Gasteiger partial charge is 0.423 e. The first-order chi connectivity index (χ1) is 11.2. The molecule has 2 rings (SSSR count). The summed E-state index contributed by atoms with van der Waals surface area (Å²) in [4.78, 5) is 0. The molecule has 0 aliphatic heterocycles. The normalized spacial score (nSPS) is 12.1. The van der Waals surface area contributed by atoms with E-state index in [1.807, 2.05) is 6.07 Å². The molecular formula is C19H27BN2O. The van der Waals surface area contributed by atoms with Gasteiger partial charge in [0, 0.05) is 19.6 Å². The summed E-state index contributed by atoms with van der Waals surface area (Å²) in [5.74, 6) is 0. The Morgan fingerprint density at radius 2 is 1.83 bits per heavy atom. The van der Waals surface area contributed by atoms with Gasteiger partial charge in [-0.05, 0) is 29.8 Å². The molecule has 122 valence electrons. The Balaban J connectivity index is 2.18. The van der Waals surface area contributed by atoms with Gasteiger partial charge in [-0.2, -0.15) is 0 Å². The number of hydrogen-bond donors (Lipinski definition) is 2. The summed E-state index contributed by atoms with van der Waals surface area (Å²) in [5, 5.41) is 3.32. The van der Waals surface area contributed by atoms with Crippen molar-refractivity contribution in [2.75, 3.05) is 19.6 Å². The van der Waals surface area contributed by atoms with E-state index in [1.54, 1.807) is 0 Å². The zero-order valence-electron chi connectivity index (χ0n) is 14.2. The number of aryl methyl sites for hydroxylation is 1. The molecule has 0 spiro atoms. The Morgan fingerprint density at radius 1 is 1.09 bits per heavy atom. The quantitative estimate of drug-likeness (QED) is 0.542. The van der Waals surface area contributed by atoms with Gasteiger partial charge in [-0.15, -0.1) is 0 Å². The topological polar surface area (TPSA) is 47.3 Å². The summed E-state index contributed by atoms with van der Waals surface area (Å²) in [6, 6.07) is 19.1. The zero-order chi connectivity index (χ0) is 16.5. The van der Waals surface area contributed by atoms with E-state index in [1.165, 1.54) is 16.5 Å². The minimum absolute atomic E-state index is 0.0441. The smallest absolute Gasteiger partial charge is 0.361 e. The highest BCUT2D eigenvalue weighted by Crippen LogP contribution is 2.03. The second-order valence-electron chi connectivity index (χ2n) is 5.83. The van der Waals surface area contributed by atoms with Crippen molar-refractivity contribution in [2.24, 2.45) is 5.73 Å². The van der Waals surface area contributed by atoms with Gasteiger partial charge in [0.25, 0.3) is 0 Å². The van der Waals surface area contributed by atoms with Crippen LogP contribution >= 0.6 is 0 Å². The maximum atomic E-state index is 6.37. The monoisotopic (exact) mass is 310 g/mol. The van der Waals surface area contributed by atoms with Gasteiger partial charge in [-0.3, -0.25) is 0 Å². The fourth-order valence-electron chi connectivity index (χ4n) is 2.64. The molecule has 0 aliphatic carbocycles. The fourth-order valence-corrected chi connectivity index (χ4v) is 2.64. The maximum Gasteiger partial charge on any atom is 0.361 e. The molecule has 2 aromatic rings. The standard InChI is InChI=1S/C19H27BN2O/c1-3-17-8-7-11-19(14-17)20(18-9-5-4-6-10-18)23-16(2)15-22-13-12-21/h4-11,14,16,22H,3,12-13,15,21H2,1-2H3. The molecule has 0 radical (unpaired) electrons. The molecule has 1 atom stereocenters. The second kappa shape index (κ2) is 9.51. The Bertz CT molecular complexity index is 577. The Labute approximate surface area is 140 Å². The molecule has 2 aromatic carbocycles. The maximum absolute atomic E-state index is 6.37. The van der Waals surface area contributed by atoms with E-state index in [0.29, 0.717) is 6.54 Å². The average molecular weight is 310 g/mol. The third-order valence-electron chi connectivity index (χ3n) is 3.89. The van der Waals surface area contributed by atoms with Gasteiger partial charge in [-0.1, -0.05) is 61.5 Å². The van der Waals surface area contributed by atoms with Crippen LogP contribution in [0.5, 0.6) is 0 Å². The molecular weight excluding hydrogens is 283 g/mol. The van der Waals surface area contributed by atoms with Crippen LogP contribution in [-0.4, -0.2) is 32.7 Å². The van der Waals surface area contributed by atoms with Gasteiger partial charge < -0.3 is 15.7 Å². The molecule has 0 aromatic heterocycles. The fraction of sp³-hybridized carbons (Fsp3) is 0.368. The van der Waals surface area contributed by atoms with Crippen LogP contribution in [0.2, 0.25) is 0 Å². The SMILES string of the molecule is CCc1cccc(B(OC(C)CNCCN)c2ccccc2)c1. The van der Waals surface area contributed by atoms with Crippen molar-refractivity contribution in [1.29, 1.82) is 0 Å². The van der Waals surface area contributed by atoms with E-state index in [4.69, 9.17) is 10.4 Å². The van der Waals surface area contributed by atoms with E-state index in [9.17, 15) is 0 Å². The summed E-state index contributed by atoms with van der Waals surface area (Å²) < 4.78 is 6.37. The average Bonchev–Trinajstić information content (AvgIpc) is 2.60. The summed E-state index contributed by atoms with van der Waals surface area (Å²) in [7, 11) is 0. The lowest BCUT2D eigenvalue weighted by Crippen LogP contribution is -2.48. The molecule has 0 saturated carbocycles. The Morgan fingerprint density at radius 3 is 2.52 bits per heavy atom. The number of rotatable bonds is 9. The van der Waals surface area contributed by atoms with E-state index < -0.39 is 0 Å². The molecule has 3 N–H and O–H groups in total. The molecule has 0 amide bonds. The summed E-state index contributed by atoms with van der Waals surface area (Å²) in [5.41, 5.74) is 9.26. The minimum Gasteiger partial charge on any atom is -0.423 e. The van der Waals surface area contributed by atoms with E-state index >= 15 is 0 Å². The molecule has 0 fully saturated rings. The first kappa shape index (κ1) is 17.7. The van der Waals surface area contributed by atoms with Crippen molar-refractivity contribution in [3.63, 3.8) is 0 Å². The lowest BCUT2D eigenvalue weighted by Gasteiger charge is -2.21. The summed E-state index contributed by atoms with van der Waals surface area (Å²) in [6.45, 7) is 6.49. The van der Waals surface area contributed by atoms with Crippen LogP contribution in [0.4, 0.5) is 0 Å². The second-order valence-corrected chi connectivity index (χ2v) is 5.83. The van der Waals surface area contributed by atoms with Crippen LogP contribution in [0, 0.1) is 0 Å². The van der Waals surface area contributed by atoms with Gasteiger partial charge in [-0.25, -0.2) is 0 Å². The molecule has 0 aliphatic rings. The first-order valence-electron chi connectivity index (χ1n) is 8.44. The first-order valence-corrected chi connectivity index (χ1v) is 8.44. The number of nitrogens with two attached hydrogens (primary N) is 1. The molecule has 4 heteroatoms. The Kier molecular flexibility index (Phi) is 7.33. The van der Waals surface area contributed by atoms with Crippen LogP contribution in [0.1, 0.15) is 19.4 Å². The minimum atomic E-state index is -0.0441. The number of nitrogens with one attached hydrogen (secondary N) is 1. The predicted molar refractivity (Wildman–Crippen MR) is 99.8 cm³/mol. The van der Waals surface area contributed by atoms with Crippen molar-refractivity contribution in [3.05, 3.63) is 60.2 Å².